The Balaban J connectivity index is 1.22. The third kappa shape index (κ3) is 5.30. The summed E-state index contributed by atoms with van der Waals surface area (Å²) in [7, 11) is 0. The molecule has 1 aliphatic carbocycles. The predicted octanol–water partition coefficient (Wildman–Crippen LogP) is 5.10. The molecule has 1 aliphatic heterocycles. The van der Waals surface area contributed by atoms with Crippen molar-refractivity contribution < 1.29 is 42.0 Å². The Morgan fingerprint density at radius 3 is 2.59 bits per heavy atom. The minimum Gasteiger partial charge on any atom is -0.491 e. The summed E-state index contributed by atoms with van der Waals surface area (Å²) in [6.07, 6.45) is -2.99. The van der Waals surface area contributed by atoms with Crippen molar-refractivity contribution in [3.05, 3.63) is 59.7 Å². The Hall–Kier alpha value is -4.23. The van der Waals surface area contributed by atoms with Gasteiger partial charge in [0.15, 0.2) is 0 Å². The number of fused-ring (bicyclic) bond motifs is 1. The lowest BCUT2D eigenvalue weighted by molar-refractivity contribution is -0.143. The second-order valence-corrected chi connectivity index (χ2v) is 10.2. The maximum absolute atomic E-state index is 14.0. The normalized spacial score (nSPS) is 22.6. The number of benzene rings is 2. The Morgan fingerprint density at radius 2 is 1.83 bits per heavy atom. The first kappa shape index (κ1) is 27.0. The van der Waals surface area contributed by atoms with Crippen molar-refractivity contribution in [3.8, 4) is 40.0 Å². The van der Waals surface area contributed by atoms with E-state index in [1.165, 1.54) is 12.1 Å². The van der Waals surface area contributed by atoms with Crippen LogP contribution in [0.5, 0.6) is 5.75 Å². The summed E-state index contributed by atoms with van der Waals surface area (Å²) in [4.78, 5) is 15.5. The molecule has 6 rings (SSSR count). The molecular formula is C28H25F3N4O6. The van der Waals surface area contributed by atoms with Gasteiger partial charge in [-0.25, -0.2) is 0 Å². The van der Waals surface area contributed by atoms with Crippen LogP contribution in [0.2, 0.25) is 0 Å². The number of aliphatic hydroxyl groups excluding tert-OH is 1. The molecule has 214 valence electrons. The van der Waals surface area contributed by atoms with Crippen LogP contribution in [0, 0.1) is 5.92 Å². The van der Waals surface area contributed by atoms with E-state index in [4.69, 9.17) is 13.8 Å². The number of aliphatic hydroxyl groups is 1. The first-order valence-electron chi connectivity index (χ1n) is 13.1. The van der Waals surface area contributed by atoms with Crippen LogP contribution in [-0.2, 0) is 11.0 Å². The highest BCUT2D eigenvalue weighted by Crippen LogP contribution is 2.43. The number of rotatable bonds is 6. The van der Waals surface area contributed by atoms with Crippen molar-refractivity contribution in [2.45, 2.75) is 50.0 Å². The van der Waals surface area contributed by atoms with E-state index in [2.05, 4.69) is 20.6 Å². The van der Waals surface area contributed by atoms with Crippen LogP contribution < -0.4 is 10.1 Å². The number of hydrogen-bond acceptors (Lipinski definition) is 9. The van der Waals surface area contributed by atoms with Crippen molar-refractivity contribution in [2.24, 2.45) is 5.92 Å². The van der Waals surface area contributed by atoms with Crippen LogP contribution in [0.4, 0.5) is 13.2 Å². The van der Waals surface area contributed by atoms with E-state index in [9.17, 15) is 28.2 Å². The lowest BCUT2D eigenvalue weighted by Gasteiger charge is -2.36. The van der Waals surface area contributed by atoms with Gasteiger partial charge in [0.2, 0.25) is 11.6 Å². The number of nitrogens with one attached hydrogen (secondary N) is 1. The van der Waals surface area contributed by atoms with Crippen LogP contribution in [-0.4, -0.2) is 50.2 Å². The topological polar surface area (TPSA) is 144 Å². The van der Waals surface area contributed by atoms with Gasteiger partial charge in [-0.15, -0.1) is 0 Å². The lowest BCUT2D eigenvalue weighted by atomic mass is 9.85. The van der Waals surface area contributed by atoms with E-state index in [1.807, 2.05) is 0 Å². The highest BCUT2D eigenvalue weighted by Gasteiger charge is 2.43. The Kier molecular flexibility index (Phi) is 6.99. The molecule has 0 radical (unpaired) electrons. The molecule has 4 atom stereocenters. The Morgan fingerprint density at radius 1 is 1.02 bits per heavy atom. The van der Waals surface area contributed by atoms with Crippen molar-refractivity contribution in [2.75, 3.05) is 6.61 Å². The molecule has 0 bridgehead atoms. The number of ether oxygens (including phenoxy) is 1. The Bertz CT molecular complexity index is 1550. The summed E-state index contributed by atoms with van der Waals surface area (Å²) >= 11 is 0. The summed E-state index contributed by atoms with van der Waals surface area (Å²) in [5, 5.41) is 31.2. The van der Waals surface area contributed by atoms with Crippen molar-refractivity contribution >= 4 is 5.97 Å². The molecule has 3 heterocycles. The third-order valence-corrected chi connectivity index (χ3v) is 7.51. The van der Waals surface area contributed by atoms with Gasteiger partial charge in [0.25, 0.3) is 5.89 Å². The van der Waals surface area contributed by atoms with Gasteiger partial charge >= 0.3 is 12.1 Å². The van der Waals surface area contributed by atoms with Crippen LogP contribution in [0.25, 0.3) is 34.3 Å². The van der Waals surface area contributed by atoms with Crippen molar-refractivity contribution in [1.29, 1.82) is 0 Å². The van der Waals surface area contributed by atoms with Gasteiger partial charge in [-0.2, -0.15) is 18.2 Å². The maximum atomic E-state index is 14.0. The average Bonchev–Trinajstić information content (AvgIpc) is 3.63. The van der Waals surface area contributed by atoms with E-state index >= 15 is 0 Å². The Labute approximate surface area is 231 Å². The van der Waals surface area contributed by atoms with Gasteiger partial charge in [-0.05, 0) is 25.3 Å². The van der Waals surface area contributed by atoms with E-state index < -0.39 is 47.4 Å². The molecule has 2 aromatic heterocycles. The molecule has 0 unspecified atom stereocenters. The summed E-state index contributed by atoms with van der Waals surface area (Å²) in [6.45, 7) is 0.138. The molecule has 10 nitrogen and oxygen atoms in total. The molecule has 0 amide bonds. The van der Waals surface area contributed by atoms with Crippen molar-refractivity contribution in [3.63, 3.8) is 0 Å². The minimum absolute atomic E-state index is 0.00570. The summed E-state index contributed by atoms with van der Waals surface area (Å²) in [5.74, 6) is -2.04. The quantitative estimate of drug-likeness (QED) is 0.286. The van der Waals surface area contributed by atoms with Gasteiger partial charge in [0.1, 0.15) is 29.7 Å². The number of hydrogen-bond donors (Lipinski definition) is 3. The van der Waals surface area contributed by atoms with Crippen LogP contribution in [0.3, 0.4) is 0 Å². The standard InChI is InChI=1S/C28H25F3N4O6/c29-28(30,31)21-22(14-5-2-1-3-6-14)34-40-24(21)26-33-25(35-41-26)15-9-10-18-20(12-15)39-13-19(23(18)36)32-17-8-4-7-16(11-17)27(37)38/h1-3,5-6,9-10,12,16-17,19,23,32,36H,4,7-8,11,13H2,(H,37,38)/t16-,17+,19-,23-/m1/s1. The second kappa shape index (κ2) is 10.6. The lowest BCUT2D eigenvalue weighted by Crippen LogP contribution is -2.49. The van der Waals surface area contributed by atoms with Crippen LogP contribution in [0.15, 0.2) is 57.6 Å². The van der Waals surface area contributed by atoms with E-state index in [-0.39, 0.29) is 29.7 Å². The predicted molar refractivity (Wildman–Crippen MR) is 136 cm³/mol. The smallest absolute Gasteiger partial charge is 0.422 e. The largest absolute Gasteiger partial charge is 0.491 e. The zero-order valence-electron chi connectivity index (χ0n) is 21.5. The van der Waals surface area contributed by atoms with Crippen molar-refractivity contribution in [1.82, 2.24) is 20.6 Å². The number of carbonyl (C=O) groups is 1. The molecule has 1 saturated carbocycles. The van der Waals surface area contributed by atoms with Gasteiger partial charge in [-0.3, -0.25) is 4.79 Å². The summed E-state index contributed by atoms with van der Waals surface area (Å²) < 4.78 is 58.2. The van der Waals surface area contributed by atoms with Gasteiger partial charge in [0.05, 0.1) is 12.0 Å². The molecule has 41 heavy (non-hydrogen) atoms. The molecule has 0 spiro atoms. The number of carboxylic acids is 1. The molecule has 0 saturated heterocycles. The summed E-state index contributed by atoms with van der Waals surface area (Å²) in [5.41, 5.74) is -0.391. The second-order valence-electron chi connectivity index (χ2n) is 10.2. The van der Waals surface area contributed by atoms with Gasteiger partial charge in [-0.1, -0.05) is 59.2 Å². The van der Waals surface area contributed by atoms with Gasteiger partial charge < -0.3 is 29.3 Å². The number of nitrogens with zero attached hydrogens (tertiary/aromatic N) is 3. The van der Waals surface area contributed by atoms with E-state index in [1.54, 1.807) is 36.4 Å². The molecule has 13 heteroatoms. The fraction of sp³-hybridized carbons (Fsp3) is 0.357. The average molecular weight is 571 g/mol. The number of carboxylic acid groups (broad SMARTS) is 1. The van der Waals surface area contributed by atoms with Crippen LogP contribution in [0.1, 0.15) is 42.9 Å². The fourth-order valence-corrected chi connectivity index (χ4v) is 5.46. The zero-order chi connectivity index (χ0) is 28.7. The fourth-order valence-electron chi connectivity index (χ4n) is 5.46. The third-order valence-electron chi connectivity index (χ3n) is 7.51. The number of halogens is 3. The number of aromatic nitrogens is 3. The molecule has 2 aromatic carbocycles. The minimum atomic E-state index is -4.80. The number of alkyl halides is 3. The maximum Gasteiger partial charge on any atom is 0.422 e. The SMILES string of the molecule is O=C(O)[C@@H]1CCC[C@H](N[C@@H]2COc3cc(-c4noc(-c5onc(-c6ccccc6)c5C(F)(F)F)n4)ccc3[C@H]2O)C1. The molecular weight excluding hydrogens is 545 g/mol. The molecule has 4 aromatic rings. The first-order valence-corrected chi connectivity index (χ1v) is 13.1. The zero-order valence-corrected chi connectivity index (χ0v) is 21.5. The highest BCUT2D eigenvalue weighted by molar-refractivity contribution is 5.71. The van der Waals surface area contributed by atoms with Gasteiger partial charge in [0, 0.05) is 22.7 Å². The molecule has 1 fully saturated rings. The number of aliphatic carboxylic acids is 1. The monoisotopic (exact) mass is 570 g/mol. The molecule has 2 aliphatic rings. The molecule has 3 N–H and O–H groups in total. The van der Waals surface area contributed by atoms with Crippen LogP contribution >= 0.6 is 0 Å². The van der Waals surface area contributed by atoms with E-state index in [0.717, 1.165) is 12.8 Å². The first-order chi connectivity index (χ1) is 19.7. The van der Waals surface area contributed by atoms with E-state index in [0.29, 0.717) is 29.7 Å². The highest BCUT2D eigenvalue weighted by atomic mass is 19.4. The summed E-state index contributed by atoms with van der Waals surface area (Å²) in [6, 6.07) is 12.1.